The summed E-state index contributed by atoms with van der Waals surface area (Å²) >= 11 is 0. The van der Waals surface area contributed by atoms with E-state index in [9.17, 15) is 14.4 Å². The highest BCUT2D eigenvalue weighted by Gasteiger charge is 2.28. The summed E-state index contributed by atoms with van der Waals surface area (Å²) in [7, 11) is 0. The molecular weight excluding hydrogens is 406 g/mol. The van der Waals surface area contributed by atoms with E-state index in [0.29, 0.717) is 18.7 Å². The average Bonchev–Trinajstić information content (AvgIpc) is 3.55. The van der Waals surface area contributed by atoms with E-state index in [4.69, 9.17) is 0 Å². The number of benzene rings is 1. The van der Waals surface area contributed by atoms with E-state index >= 15 is 0 Å². The van der Waals surface area contributed by atoms with Crippen molar-refractivity contribution in [1.82, 2.24) is 19.1 Å². The van der Waals surface area contributed by atoms with Gasteiger partial charge >= 0.3 is 5.69 Å². The fourth-order valence-electron chi connectivity index (χ4n) is 4.24. The predicted octanol–water partition coefficient (Wildman–Crippen LogP) is 3.60. The number of carbonyl (C=O) groups is 1. The zero-order valence-electron chi connectivity index (χ0n) is 18.1. The Labute approximate surface area is 183 Å². The average molecular weight is 431 g/mol. The maximum absolute atomic E-state index is 13.3. The molecule has 1 saturated carbocycles. The fraction of sp³-hybridized carbons (Fsp3) is 0.333. The third-order valence-corrected chi connectivity index (χ3v) is 6.03. The molecule has 0 radical (unpaired) electrons. The molecule has 8 nitrogen and oxygen atoms in total. The Morgan fingerprint density at radius 3 is 2.72 bits per heavy atom. The number of H-pyrrole nitrogens is 1. The van der Waals surface area contributed by atoms with Gasteiger partial charge in [-0.3, -0.25) is 19.1 Å². The molecule has 3 heterocycles. The number of aromatic amines is 1. The molecule has 0 atom stereocenters. The lowest BCUT2D eigenvalue weighted by Gasteiger charge is -2.13. The van der Waals surface area contributed by atoms with Gasteiger partial charge in [-0.25, -0.2) is 9.78 Å². The van der Waals surface area contributed by atoms with Gasteiger partial charge in [0, 0.05) is 47.5 Å². The van der Waals surface area contributed by atoms with Crippen molar-refractivity contribution in [3.05, 3.63) is 68.6 Å². The molecule has 0 aliphatic heterocycles. The molecule has 0 spiro atoms. The molecule has 1 aliphatic rings. The van der Waals surface area contributed by atoms with Gasteiger partial charge in [0.05, 0.1) is 10.9 Å². The van der Waals surface area contributed by atoms with Gasteiger partial charge in [-0.15, -0.1) is 0 Å². The van der Waals surface area contributed by atoms with E-state index in [1.807, 2.05) is 37.4 Å². The number of anilines is 1. The molecule has 3 aromatic heterocycles. The van der Waals surface area contributed by atoms with E-state index in [1.54, 1.807) is 6.07 Å². The summed E-state index contributed by atoms with van der Waals surface area (Å²) in [6.07, 6.45) is 4.70. The van der Waals surface area contributed by atoms with Crippen molar-refractivity contribution in [3.63, 3.8) is 0 Å². The predicted molar refractivity (Wildman–Crippen MR) is 124 cm³/mol. The van der Waals surface area contributed by atoms with Crippen molar-refractivity contribution in [2.24, 2.45) is 0 Å². The lowest BCUT2D eigenvalue weighted by molar-refractivity contribution is 0.102. The van der Waals surface area contributed by atoms with Gasteiger partial charge < -0.3 is 9.88 Å². The van der Waals surface area contributed by atoms with E-state index in [2.05, 4.69) is 26.8 Å². The summed E-state index contributed by atoms with van der Waals surface area (Å²) in [5, 5.41) is 4.11. The monoisotopic (exact) mass is 431 g/mol. The first-order valence-electron chi connectivity index (χ1n) is 11.1. The van der Waals surface area contributed by atoms with Crippen LogP contribution < -0.4 is 16.6 Å². The summed E-state index contributed by atoms with van der Waals surface area (Å²) in [5.41, 5.74) is 1.94. The molecule has 0 unspecified atom stereocenters. The third-order valence-electron chi connectivity index (χ3n) is 6.03. The molecule has 1 amide bonds. The second kappa shape index (κ2) is 7.78. The Balaban J connectivity index is 1.62. The lowest BCUT2D eigenvalue weighted by atomic mass is 10.1. The topological polar surface area (TPSA) is 102 Å². The fourth-order valence-corrected chi connectivity index (χ4v) is 4.24. The van der Waals surface area contributed by atoms with Crippen LogP contribution in [0, 0.1) is 0 Å². The molecule has 1 aliphatic carbocycles. The first kappa shape index (κ1) is 20.2. The quantitative estimate of drug-likeness (QED) is 0.487. The van der Waals surface area contributed by atoms with Crippen LogP contribution in [0.25, 0.3) is 21.9 Å². The highest BCUT2D eigenvalue weighted by Crippen LogP contribution is 2.40. The summed E-state index contributed by atoms with van der Waals surface area (Å²) in [6, 6.07) is 9.46. The van der Waals surface area contributed by atoms with Gasteiger partial charge in [0.1, 0.15) is 0 Å². The molecule has 2 N–H and O–H groups in total. The van der Waals surface area contributed by atoms with Crippen molar-refractivity contribution in [3.8, 4) is 0 Å². The molecular formula is C24H25N5O3. The smallest absolute Gasteiger partial charge is 0.329 e. The molecule has 1 aromatic carbocycles. The van der Waals surface area contributed by atoms with Gasteiger partial charge in [0.2, 0.25) is 0 Å². The van der Waals surface area contributed by atoms with Crippen molar-refractivity contribution in [1.29, 1.82) is 0 Å². The standard InChI is InChI=1S/C24H25N5O3/c1-3-10-29-21-20(23(31)27-24(29)32)17(13-18(26-21)14-5-6-14)22(30)25-16-7-8-19-15(12-16)9-11-28(19)4-2/h7-9,11-14H,3-6,10H2,1-2H3,(H,25,30)(H,27,31,32). The van der Waals surface area contributed by atoms with Gasteiger partial charge in [-0.05, 0) is 56.5 Å². The molecule has 32 heavy (non-hydrogen) atoms. The lowest BCUT2D eigenvalue weighted by Crippen LogP contribution is -2.32. The molecule has 1 fully saturated rings. The van der Waals surface area contributed by atoms with Crippen LogP contribution in [0.4, 0.5) is 5.69 Å². The van der Waals surface area contributed by atoms with E-state index < -0.39 is 11.2 Å². The van der Waals surface area contributed by atoms with Crippen molar-refractivity contribution < 1.29 is 4.79 Å². The Morgan fingerprint density at radius 1 is 1.19 bits per heavy atom. The first-order chi connectivity index (χ1) is 15.5. The van der Waals surface area contributed by atoms with Crippen molar-refractivity contribution in [2.75, 3.05) is 5.32 Å². The number of hydrogen-bond donors (Lipinski definition) is 2. The number of pyridine rings is 1. The molecule has 4 aromatic rings. The number of fused-ring (bicyclic) bond motifs is 2. The van der Waals surface area contributed by atoms with Crippen molar-refractivity contribution in [2.45, 2.75) is 52.1 Å². The largest absolute Gasteiger partial charge is 0.348 e. The maximum Gasteiger partial charge on any atom is 0.329 e. The Morgan fingerprint density at radius 2 is 2.00 bits per heavy atom. The molecule has 5 rings (SSSR count). The SMILES string of the molecule is CCCn1c(=O)[nH]c(=O)c2c(C(=O)Nc3ccc4c(ccn4CC)c3)cc(C3CC3)nc21. The summed E-state index contributed by atoms with van der Waals surface area (Å²) in [6.45, 7) is 5.31. The summed E-state index contributed by atoms with van der Waals surface area (Å²) in [5.74, 6) is -0.124. The zero-order chi connectivity index (χ0) is 22.4. The number of carbonyl (C=O) groups excluding carboxylic acids is 1. The Hall–Kier alpha value is -3.68. The van der Waals surface area contributed by atoms with Crippen LogP contribution in [0.3, 0.4) is 0 Å². The second-order valence-corrected chi connectivity index (χ2v) is 8.31. The Bertz CT molecular complexity index is 1470. The van der Waals surface area contributed by atoms with Crippen LogP contribution in [0.2, 0.25) is 0 Å². The van der Waals surface area contributed by atoms with Crippen LogP contribution in [0.1, 0.15) is 55.1 Å². The highest BCUT2D eigenvalue weighted by atomic mass is 16.2. The van der Waals surface area contributed by atoms with Crippen molar-refractivity contribution >= 4 is 33.5 Å². The molecule has 0 saturated heterocycles. The van der Waals surface area contributed by atoms with Gasteiger partial charge in [0.25, 0.3) is 11.5 Å². The number of aryl methyl sites for hydroxylation is 2. The maximum atomic E-state index is 13.3. The Kier molecular flexibility index (Phi) is 4.92. The van der Waals surface area contributed by atoms with Crippen LogP contribution in [0.5, 0.6) is 0 Å². The number of aromatic nitrogens is 4. The van der Waals surface area contributed by atoms with Crippen LogP contribution in [0.15, 0.2) is 46.1 Å². The van der Waals surface area contributed by atoms with Gasteiger partial charge in [0.15, 0.2) is 5.65 Å². The second-order valence-electron chi connectivity index (χ2n) is 8.31. The number of nitrogens with zero attached hydrogens (tertiary/aromatic N) is 3. The minimum absolute atomic E-state index is 0.151. The first-order valence-corrected chi connectivity index (χ1v) is 11.1. The zero-order valence-corrected chi connectivity index (χ0v) is 18.1. The summed E-state index contributed by atoms with van der Waals surface area (Å²) in [4.78, 5) is 45.5. The van der Waals surface area contributed by atoms with Crippen LogP contribution in [-0.4, -0.2) is 25.0 Å². The molecule has 0 bridgehead atoms. The van der Waals surface area contributed by atoms with Gasteiger partial charge in [-0.2, -0.15) is 0 Å². The van der Waals surface area contributed by atoms with E-state index in [1.165, 1.54) is 4.57 Å². The highest BCUT2D eigenvalue weighted by molar-refractivity contribution is 6.12. The minimum atomic E-state index is -0.590. The number of hydrogen-bond acceptors (Lipinski definition) is 4. The summed E-state index contributed by atoms with van der Waals surface area (Å²) < 4.78 is 3.59. The minimum Gasteiger partial charge on any atom is -0.348 e. The number of amides is 1. The number of rotatable bonds is 6. The van der Waals surface area contributed by atoms with Crippen LogP contribution in [-0.2, 0) is 13.1 Å². The normalized spacial score (nSPS) is 13.7. The van der Waals surface area contributed by atoms with Gasteiger partial charge in [-0.1, -0.05) is 6.92 Å². The van der Waals surface area contributed by atoms with E-state index in [0.717, 1.165) is 36.0 Å². The van der Waals surface area contributed by atoms with E-state index in [-0.39, 0.29) is 28.4 Å². The molecule has 8 heteroatoms. The number of nitrogens with one attached hydrogen (secondary N) is 2. The molecule has 164 valence electrons. The van der Waals surface area contributed by atoms with Crippen LogP contribution >= 0.6 is 0 Å². The third kappa shape index (κ3) is 3.41.